The van der Waals surface area contributed by atoms with Crippen LogP contribution in [-0.2, 0) is 9.53 Å². The Morgan fingerprint density at radius 2 is 2.56 bits per heavy atom. The molecule has 0 fully saturated rings. The van der Waals surface area contributed by atoms with Gasteiger partial charge in [0.15, 0.2) is 18.3 Å². The van der Waals surface area contributed by atoms with Crippen molar-refractivity contribution in [2.75, 3.05) is 0 Å². The first-order valence-corrected chi connectivity index (χ1v) is 2.59. The number of nitrogens with two attached hydrogens (primary N) is 1. The van der Waals surface area contributed by atoms with Crippen LogP contribution in [0.15, 0.2) is 24.0 Å². The third-order valence-electron chi connectivity index (χ3n) is 0.950. The summed E-state index contributed by atoms with van der Waals surface area (Å²) in [5.74, 6) is 0.282. The van der Waals surface area contributed by atoms with Gasteiger partial charge in [-0.2, -0.15) is 0 Å². The van der Waals surface area contributed by atoms with Gasteiger partial charge in [-0.25, -0.2) is 0 Å². The number of aldehydes is 1. The van der Waals surface area contributed by atoms with Gasteiger partial charge >= 0.3 is 0 Å². The van der Waals surface area contributed by atoms with Gasteiger partial charge in [0.1, 0.15) is 0 Å². The van der Waals surface area contributed by atoms with E-state index in [1.807, 2.05) is 0 Å². The summed E-state index contributed by atoms with van der Waals surface area (Å²) in [6, 6.07) is 0. The molecule has 0 aromatic heterocycles. The van der Waals surface area contributed by atoms with Crippen LogP contribution in [0.4, 0.5) is 0 Å². The highest BCUT2D eigenvalue weighted by atomic mass is 16.5. The van der Waals surface area contributed by atoms with Crippen LogP contribution in [0.5, 0.6) is 0 Å². The molecule has 1 atom stereocenters. The zero-order chi connectivity index (χ0) is 6.69. The SMILES string of the molecule is NC1C=CC=C(C=O)O1. The van der Waals surface area contributed by atoms with Gasteiger partial charge in [-0.05, 0) is 12.2 Å². The molecule has 0 saturated heterocycles. The predicted octanol–water partition coefficient (Wildman–Crippen LogP) is -0.0596. The summed E-state index contributed by atoms with van der Waals surface area (Å²) in [5.41, 5.74) is 5.29. The van der Waals surface area contributed by atoms with Crippen molar-refractivity contribution in [3.05, 3.63) is 24.0 Å². The topological polar surface area (TPSA) is 52.3 Å². The molecule has 0 spiro atoms. The number of rotatable bonds is 1. The maximum atomic E-state index is 10.0. The van der Waals surface area contributed by atoms with E-state index in [2.05, 4.69) is 0 Å². The first kappa shape index (κ1) is 6.04. The van der Waals surface area contributed by atoms with Crippen molar-refractivity contribution in [2.45, 2.75) is 6.23 Å². The second kappa shape index (κ2) is 2.46. The highest BCUT2D eigenvalue weighted by Crippen LogP contribution is 2.03. The van der Waals surface area contributed by atoms with Gasteiger partial charge in [-0.15, -0.1) is 0 Å². The lowest BCUT2D eigenvalue weighted by atomic mass is 10.3. The Labute approximate surface area is 52.8 Å². The van der Waals surface area contributed by atoms with E-state index >= 15 is 0 Å². The van der Waals surface area contributed by atoms with E-state index in [-0.39, 0.29) is 5.76 Å². The molecule has 1 rings (SSSR count). The lowest BCUT2D eigenvalue weighted by Gasteiger charge is -2.11. The predicted molar refractivity (Wildman–Crippen MR) is 32.3 cm³/mol. The van der Waals surface area contributed by atoms with Crippen molar-refractivity contribution >= 4 is 6.29 Å². The first-order chi connectivity index (χ1) is 4.33. The number of hydrogen-bond acceptors (Lipinski definition) is 3. The maximum Gasteiger partial charge on any atom is 0.184 e. The van der Waals surface area contributed by atoms with E-state index in [0.717, 1.165) is 0 Å². The molecule has 0 radical (unpaired) electrons. The van der Waals surface area contributed by atoms with E-state index in [9.17, 15) is 4.79 Å². The molecule has 1 unspecified atom stereocenters. The Balaban J connectivity index is 2.65. The van der Waals surface area contributed by atoms with Crippen LogP contribution in [0.25, 0.3) is 0 Å². The van der Waals surface area contributed by atoms with Crippen LogP contribution in [-0.4, -0.2) is 12.5 Å². The molecular formula is C6H7NO2. The molecule has 0 amide bonds. The quantitative estimate of drug-likeness (QED) is 0.499. The third-order valence-corrected chi connectivity index (χ3v) is 0.950. The Kier molecular flexibility index (Phi) is 1.65. The Hall–Kier alpha value is -1.09. The van der Waals surface area contributed by atoms with Crippen molar-refractivity contribution in [2.24, 2.45) is 5.73 Å². The van der Waals surface area contributed by atoms with Gasteiger partial charge in [0.05, 0.1) is 0 Å². The average molecular weight is 125 g/mol. The van der Waals surface area contributed by atoms with E-state index in [0.29, 0.717) is 6.29 Å². The van der Waals surface area contributed by atoms with Gasteiger partial charge in [0, 0.05) is 0 Å². The number of carbonyl (C=O) groups excluding carboxylic acids is 1. The van der Waals surface area contributed by atoms with Gasteiger partial charge in [-0.1, -0.05) is 6.08 Å². The fourth-order valence-electron chi connectivity index (χ4n) is 0.563. The fraction of sp³-hybridized carbons (Fsp3) is 0.167. The van der Waals surface area contributed by atoms with Gasteiger partial charge in [-0.3, -0.25) is 10.5 Å². The van der Waals surface area contributed by atoms with E-state index in [4.69, 9.17) is 10.5 Å². The minimum absolute atomic E-state index is 0.282. The molecule has 48 valence electrons. The van der Waals surface area contributed by atoms with Crippen LogP contribution in [0.2, 0.25) is 0 Å². The fourth-order valence-corrected chi connectivity index (χ4v) is 0.563. The molecule has 0 saturated carbocycles. The van der Waals surface area contributed by atoms with Crippen LogP contribution in [0.3, 0.4) is 0 Å². The van der Waals surface area contributed by atoms with Gasteiger partial charge in [0.25, 0.3) is 0 Å². The van der Waals surface area contributed by atoms with Crippen molar-refractivity contribution < 1.29 is 9.53 Å². The number of ether oxygens (including phenoxy) is 1. The lowest BCUT2D eigenvalue weighted by molar-refractivity contribution is -0.108. The number of allylic oxidation sites excluding steroid dienone is 3. The molecule has 0 bridgehead atoms. The van der Waals surface area contributed by atoms with Crippen LogP contribution in [0, 0.1) is 0 Å². The summed E-state index contributed by atoms with van der Waals surface area (Å²) in [5, 5.41) is 0. The van der Waals surface area contributed by atoms with E-state index in [1.165, 1.54) is 0 Å². The highest BCUT2D eigenvalue weighted by molar-refractivity contribution is 5.71. The molecule has 3 nitrogen and oxygen atoms in total. The second-order valence-electron chi connectivity index (χ2n) is 1.65. The summed E-state index contributed by atoms with van der Waals surface area (Å²) >= 11 is 0. The summed E-state index contributed by atoms with van der Waals surface area (Å²) in [7, 11) is 0. The second-order valence-corrected chi connectivity index (χ2v) is 1.65. The first-order valence-electron chi connectivity index (χ1n) is 2.59. The van der Waals surface area contributed by atoms with E-state index < -0.39 is 6.23 Å². The molecule has 1 heterocycles. The van der Waals surface area contributed by atoms with Crippen molar-refractivity contribution in [3.63, 3.8) is 0 Å². The summed E-state index contributed by atoms with van der Waals surface area (Å²) in [6.07, 6.45) is 5.08. The van der Waals surface area contributed by atoms with Gasteiger partial charge < -0.3 is 4.74 Å². The summed E-state index contributed by atoms with van der Waals surface area (Å²) < 4.78 is 4.82. The summed E-state index contributed by atoms with van der Waals surface area (Å²) in [6.45, 7) is 0. The molecule has 0 aromatic rings. The summed E-state index contributed by atoms with van der Waals surface area (Å²) in [4.78, 5) is 10.0. The van der Waals surface area contributed by atoms with Crippen LogP contribution in [0.1, 0.15) is 0 Å². The van der Waals surface area contributed by atoms with Crippen molar-refractivity contribution in [1.29, 1.82) is 0 Å². The zero-order valence-corrected chi connectivity index (χ0v) is 4.78. The zero-order valence-electron chi connectivity index (χ0n) is 4.78. The third kappa shape index (κ3) is 1.40. The van der Waals surface area contributed by atoms with Crippen molar-refractivity contribution in [1.82, 2.24) is 0 Å². The normalized spacial score (nSPS) is 24.6. The Morgan fingerprint density at radius 3 is 3.00 bits per heavy atom. The number of carbonyl (C=O) groups is 1. The standard InChI is InChI=1S/C6H7NO2/c7-6-3-1-2-5(4-8)9-6/h1-4,6H,7H2. The average Bonchev–Trinajstić information content (AvgIpc) is 1.88. The van der Waals surface area contributed by atoms with Crippen LogP contribution >= 0.6 is 0 Å². The molecule has 1 aliphatic rings. The number of hydrogen-bond donors (Lipinski definition) is 1. The molecule has 9 heavy (non-hydrogen) atoms. The molecular weight excluding hydrogens is 118 g/mol. The monoisotopic (exact) mass is 125 g/mol. The molecule has 1 aliphatic heterocycles. The molecule has 3 heteroatoms. The minimum atomic E-state index is -0.463. The Morgan fingerprint density at radius 1 is 1.78 bits per heavy atom. The smallest absolute Gasteiger partial charge is 0.184 e. The van der Waals surface area contributed by atoms with Gasteiger partial charge in [0.2, 0.25) is 0 Å². The lowest BCUT2D eigenvalue weighted by Crippen LogP contribution is -2.22. The molecule has 2 N–H and O–H groups in total. The highest BCUT2D eigenvalue weighted by Gasteiger charge is 2.03. The molecule has 0 aromatic carbocycles. The largest absolute Gasteiger partial charge is 0.469 e. The van der Waals surface area contributed by atoms with E-state index in [1.54, 1.807) is 18.2 Å². The minimum Gasteiger partial charge on any atom is -0.469 e. The maximum absolute atomic E-state index is 10.0. The van der Waals surface area contributed by atoms with Crippen molar-refractivity contribution in [3.8, 4) is 0 Å². The Bertz CT molecular complexity index is 172. The molecule has 0 aliphatic carbocycles. The van der Waals surface area contributed by atoms with Crippen LogP contribution < -0.4 is 5.73 Å².